The van der Waals surface area contributed by atoms with Crippen LogP contribution in [0.3, 0.4) is 0 Å². The second kappa shape index (κ2) is 7.38. The molecule has 2 aliphatic carbocycles. The summed E-state index contributed by atoms with van der Waals surface area (Å²) >= 11 is 0. The first-order chi connectivity index (χ1) is 8.34. The van der Waals surface area contributed by atoms with E-state index in [1.807, 2.05) is 0 Å². The molecule has 0 bridgehead atoms. The second-order valence-electron chi connectivity index (χ2n) is 6.05. The first-order valence-corrected chi connectivity index (χ1v) is 7.69. The summed E-state index contributed by atoms with van der Waals surface area (Å²) in [6, 6.07) is 0.791. The average Bonchev–Trinajstić information content (AvgIpc) is 2.76. The predicted molar refractivity (Wildman–Crippen MR) is 72.2 cm³/mol. The average molecular weight is 239 g/mol. The number of hydrogen-bond acceptors (Lipinski definition) is 2. The van der Waals surface area contributed by atoms with Gasteiger partial charge in [0.25, 0.3) is 0 Å². The summed E-state index contributed by atoms with van der Waals surface area (Å²) in [4.78, 5) is 0. The van der Waals surface area contributed by atoms with Crippen LogP contribution in [0.5, 0.6) is 0 Å². The van der Waals surface area contributed by atoms with Gasteiger partial charge in [0, 0.05) is 12.6 Å². The Morgan fingerprint density at radius 1 is 1.06 bits per heavy atom. The van der Waals surface area contributed by atoms with Crippen molar-refractivity contribution in [2.75, 3.05) is 13.2 Å². The van der Waals surface area contributed by atoms with Gasteiger partial charge < -0.3 is 10.1 Å². The van der Waals surface area contributed by atoms with Crippen molar-refractivity contribution in [1.82, 2.24) is 5.32 Å². The maximum Gasteiger partial charge on any atom is 0.0575 e. The van der Waals surface area contributed by atoms with Gasteiger partial charge in [-0.3, -0.25) is 0 Å². The molecule has 17 heavy (non-hydrogen) atoms. The monoisotopic (exact) mass is 239 g/mol. The van der Waals surface area contributed by atoms with Crippen LogP contribution >= 0.6 is 0 Å². The molecule has 100 valence electrons. The zero-order chi connectivity index (χ0) is 11.9. The fourth-order valence-corrected chi connectivity index (χ4v) is 3.25. The summed E-state index contributed by atoms with van der Waals surface area (Å²) < 4.78 is 5.93. The Hall–Kier alpha value is -0.0800. The van der Waals surface area contributed by atoms with E-state index in [-0.39, 0.29) is 0 Å². The van der Waals surface area contributed by atoms with Crippen molar-refractivity contribution >= 4 is 0 Å². The lowest BCUT2D eigenvalue weighted by atomic mass is 9.98. The molecule has 0 amide bonds. The van der Waals surface area contributed by atoms with Gasteiger partial charge in [-0.2, -0.15) is 0 Å². The summed E-state index contributed by atoms with van der Waals surface area (Å²) in [7, 11) is 0. The van der Waals surface area contributed by atoms with Gasteiger partial charge in [0.05, 0.1) is 6.10 Å². The number of rotatable bonds is 6. The number of nitrogens with one attached hydrogen (secondary N) is 1. The Bertz CT molecular complexity index is 194. The van der Waals surface area contributed by atoms with Gasteiger partial charge in [-0.25, -0.2) is 0 Å². The molecule has 0 saturated heterocycles. The van der Waals surface area contributed by atoms with Crippen LogP contribution in [0, 0.1) is 5.92 Å². The van der Waals surface area contributed by atoms with E-state index >= 15 is 0 Å². The molecule has 0 aliphatic heterocycles. The molecule has 2 unspecified atom stereocenters. The highest BCUT2D eigenvalue weighted by Crippen LogP contribution is 2.24. The van der Waals surface area contributed by atoms with Gasteiger partial charge in [0.2, 0.25) is 0 Å². The lowest BCUT2D eigenvalue weighted by Gasteiger charge is -2.22. The van der Waals surface area contributed by atoms with Crippen molar-refractivity contribution < 1.29 is 4.74 Å². The minimum absolute atomic E-state index is 0.579. The Morgan fingerprint density at radius 3 is 2.59 bits per heavy atom. The summed E-state index contributed by atoms with van der Waals surface area (Å²) in [5.74, 6) is 0.936. The predicted octanol–water partition coefficient (Wildman–Crippen LogP) is 3.50. The van der Waals surface area contributed by atoms with Crippen LogP contribution in [0.15, 0.2) is 0 Å². The highest BCUT2D eigenvalue weighted by atomic mass is 16.5. The van der Waals surface area contributed by atoms with Crippen molar-refractivity contribution in [3.05, 3.63) is 0 Å². The number of ether oxygens (including phenoxy) is 1. The Balaban J connectivity index is 1.43. The van der Waals surface area contributed by atoms with E-state index in [4.69, 9.17) is 4.74 Å². The fourth-order valence-electron chi connectivity index (χ4n) is 3.25. The minimum Gasteiger partial charge on any atom is -0.378 e. The zero-order valence-electron chi connectivity index (χ0n) is 11.4. The Labute approximate surface area is 107 Å². The molecule has 0 spiro atoms. The van der Waals surface area contributed by atoms with E-state index in [2.05, 4.69) is 12.2 Å². The summed E-state index contributed by atoms with van der Waals surface area (Å²) in [6.07, 6.45) is 12.7. The van der Waals surface area contributed by atoms with Crippen molar-refractivity contribution in [1.29, 1.82) is 0 Å². The third-order valence-electron chi connectivity index (χ3n) is 4.35. The van der Waals surface area contributed by atoms with Crippen LogP contribution in [0.4, 0.5) is 0 Å². The standard InChI is InChI=1S/C15H29NO/c1-13-8-9-14(12-13)16-10-5-11-17-15-6-3-2-4-7-15/h13-16H,2-12H2,1H3. The van der Waals surface area contributed by atoms with Crippen LogP contribution in [0.25, 0.3) is 0 Å². The fraction of sp³-hybridized carbons (Fsp3) is 1.00. The van der Waals surface area contributed by atoms with E-state index in [1.165, 1.54) is 57.8 Å². The van der Waals surface area contributed by atoms with E-state index in [0.29, 0.717) is 6.10 Å². The lowest BCUT2D eigenvalue weighted by molar-refractivity contribution is 0.0271. The van der Waals surface area contributed by atoms with Gasteiger partial charge in [-0.1, -0.05) is 26.2 Å². The maximum atomic E-state index is 5.93. The van der Waals surface area contributed by atoms with E-state index in [9.17, 15) is 0 Å². The molecule has 0 aromatic heterocycles. The molecule has 2 fully saturated rings. The molecule has 0 aromatic carbocycles. The molecule has 2 nitrogen and oxygen atoms in total. The molecule has 1 N–H and O–H groups in total. The van der Waals surface area contributed by atoms with Gasteiger partial charge >= 0.3 is 0 Å². The lowest BCUT2D eigenvalue weighted by Crippen LogP contribution is -2.28. The summed E-state index contributed by atoms with van der Waals surface area (Å²) in [5, 5.41) is 3.67. The van der Waals surface area contributed by atoms with Gasteiger partial charge in [0.15, 0.2) is 0 Å². The minimum atomic E-state index is 0.579. The van der Waals surface area contributed by atoms with Crippen LogP contribution in [0.1, 0.15) is 64.7 Å². The molecule has 2 aliphatic rings. The van der Waals surface area contributed by atoms with Crippen molar-refractivity contribution in [3.8, 4) is 0 Å². The summed E-state index contributed by atoms with van der Waals surface area (Å²) in [6.45, 7) is 4.47. The smallest absolute Gasteiger partial charge is 0.0575 e. The molecule has 0 radical (unpaired) electrons. The highest BCUT2D eigenvalue weighted by molar-refractivity contribution is 4.77. The normalized spacial score (nSPS) is 30.9. The molecule has 0 aromatic rings. The molecule has 2 rings (SSSR count). The zero-order valence-corrected chi connectivity index (χ0v) is 11.4. The number of hydrogen-bond donors (Lipinski definition) is 1. The third kappa shape index (κ3) is 4.97. The second-order valence-corrected chi connectivity index (χ2v) is 6.05. The van der Waals surface area contributed by atoms with Gasteiger partial charge in [-0.15, -0.1) is 0 Å². The van der Waals surface area contributed by atoms with Crippen molar-refractivity contribution in [3.63, 3.8) is 0 Å². The van der Waals surface area contributed by atoms with E-state index in [1.54, 1.807) is 0 Å². The SMILES string of the molecule is CC1CCC(NCCCOC2CCCCC2)C1. The van der Waals surface area contributed by atoms with E-state index in [0.717, 1.165) is 25.1 Å². The Morgan fingerprint density at radius 2 is 1.88 bits per heavy atom. The van der Waals surface area contributed by atoms with E-state index < -0.39 is 0 Å². The molecule has 2 atom stereocenters. The van der Waals surface area contributed by atoms with Crippen LogP contribution in [-0.2, 0) is 4.74 Å². The quantitative estimate of drug-likeness (QED) is 0.716. The molecular weight excluding hydrogens is 210 g/mol. The largest absolute Gasteiger partial charge is 0.378 e. The maximum absolute atomic E-state index is 5.93. The van der Waals surface area contributed by atoms with Crippen LogP contribution in [0.2, 0.25) is 0 Å². The Kier molecular flexibility index (Phi) is 5.79. The first kappa shape index (κ1) is 13.4. The third-order valence-corrected chi connectivity index (χ3v) is 4.35. The molecule has 0 heterocycles. The highest BCUT2D eigenvalue weighted by Gasteiger charge is 2.20. The first-order valence-electron chi connectivity index (χ1n) is 7.69. The topological polar surface area (TPSA) is 21.3 Å². The van der Waals surface area contributed by atoms with Gasteiger partial charge in [-0.05, 0) is 51.0 Å². The molecule has 2 heteroatoms. The van der Waals surface area contributed by atoms with Crippen molar-refractivity contribution in [2.24, 2.45) is 5.92 Å². The molecular formula is C15H29NO. The summed E-state index contributed by atoms with van der Waals surface area (Å²) in [5.41, 5.74) is 0. The van der Waals surface area contributed by atoms with Crippen LogP contribution in [-0.4, -0.2) is 25.3 Å². The van der Waals surface area contributed by atoms with Crippen molar-refractivity contribution in [2.45, 2.75) is 76.9 Å². The van der Waals surface area contributed by atoms with Gasteiger partial charge in [0.1, 0.15) is 0 Å². The van der Waals surface area contributed by atoms with Crippen LogP contribution < -0.4 is 5.32 Å². The molecule has 2 saturated carbocycles.